The van der Waals surface area contributed by atoms with E-state index in [2.05, 4.69) is 5.32 Å². The molecule has 27 heavy (non-hydrogen) atoms. The first-order valence-corrected chi connectivity index (χ1v) is 8.54. The summed E-state index contributed by atoms with van der Waals surface area (Å²) in [4.78, 5) is 23.4. The molecule has 1 aliphatic rings. The molecule has 2 aromatic carbocycles. The van der Waals surface area contributed by atoms with Gasteiger partial charge in [-0.05, 0) is 44.2 Å². The van der Waals surface area contributed by atoms with E-state index >= 15 is 0 Å². The molecule has 1 atom stereocenters. The molecule has 0 radical (unpaired) electrons. The predicted molar refractivity (Wildman–Crippen MR) is 97.1 cm³/mol. The molecule has 2 amide bonds. The molecule has 2 aromatic rings. The number of fused-ring (bicyclic) bond motifs is 1. The number of carbonyl (C=O) groups excluding carboxylic acids is 2. The number of ether oxygens (including phenoxy) is 2. The van der Waals surface area contributed by atoms with E-state index < -0.39 is 11.5 Å². The summed E-state index contributed by atoms with van der Waals surface area (Å²) < 4.78 is 24.6. The van der Waals surface area contributed by atoms with E-state index in [0.717, 1.165) is 5.56 Å². The number of nitrogens with two attached hydrogens (primary N) is 1. The highest BCUT2D eigenvalue weighted by Gasteiger charge is 2.34. The van der Waals surface area contributed by atoms with Gasteiger partial charge in [0.1, 0.15) is 22.9 Å². The molecular formula is C20H21FN2O4. The maximum atomic E-state index is 13.5. The standard InChI is InChI=1S/C20H21FN2O4/c1-20(2)10-16(15-8-5-13(21)9-17(15)27-20)23-19(25)12-3-6-14(7-4-12)26-11-18(22)24/h3-9,16H,10-11H2,1-2H3,(H2,22,24)(H,23,25). The third-order valence-corrected chi connectivity index (χ3v) is 4.24. The van der Waals surface area contributed by atoms with E-state index in [1.54, 1.807) is 30.3 Å². The molecule has 0 saturated carbocycles. The summed E-state index contributed by atoms with van der Waals surface area (Å²) in [5.74, 6) is -0.350. The van der Waals surface area contributed by atoms with Gasteiger partial charge >= 0.3 is 0 Å². The fourth-order valence-corrected chi connectivity index (χ4v) is 3.05. The lowest BCUT2D eigenvalue weighted by Crippen LogP contribution is -2.41. The first-order chi connectivity index (χ1) is 12.7. The van der Waals surface area contributed by atoms with Crippen molar-refractivity contribution in [1.29, 1.82) is 0 Å². The minimum absolute atomic E-state index is 0.226. The van der Waals surface area contributed by atoms with Gasteiger partial charge in [-0.1, -0.05) is 6.07 Å². The monoisotopic (exact) mass is 372 g/mol. The summed E-state index contributed by atoms with van der Waals surface area (Å²) in [6.45, 7) is 3.56. The van der Waals surface area contributed by atoms with Crippen molar-refractivity contribution in [3.8, 4) is 11.5 Å². The fraction of sp³-hybridized carbons (Fsp3) is 0.300. The molecule has 3 N–H and O–H groups in total. The van der Waals surface area contributed by atoms with Crippen molar-refractivity contribution in [2.75, 3.05) is 6.61 Å². The van der Waals surface area contributed by atoms with Crippen molar-refractivity contribution in [3.05, 3.63) is 59.4 Å². The van der Waals surface area contributed by atoms with E-state index in [0.29, 0.717) is 23.5 Å². The zero-order chi connectivity index (χ0) is 19.6. The molecule has 7 heteroatoms. The third kappa shape index (κ3) is 4.55. The Morgan fingerprint density at radius 1 is 1.26 bits per heavy atom. The number of amides is 2. The van der Waals surface area contributed by atoms with E-state index in [1.165, 1.54) is 12.1 Å². The van der Waals surface area contributed by atoms with Crippen LogP contribution in [0.15, 0.2) is 42.5 Å². The van der Waals surface area contributed by atoms with Gasteiger partial charge in [-0.3, -0.25) is 9.59 Å². The minimum Gasteiger partial charge on any atom is -0.487 e. The highest BCUT2D eigenvalue weighted by atomic mass is 19.1. The molecule has 0 fully saturated rings. The lowest BCUT2D eigenvalue weighted by atomic mass is 9.89. The number of carbonyl (C=O) groups is 2. The number of hydrogen-bond acceptors (Lipinski definition) is 4. The molecule has 1 unspecified atom stereocenters. The molecule has 1 aliphatic heterocycles. The summed E-state index contributed by atoms with van der Waals surface area (Å²) in [6, 6.07) is 10.4. The lowest BCUT2D eigenvalue weighted by molar-refractivity contribution is -0.119. The van der Waals surface area contributed by atoms with E-state index in [4.69, 9.17) is 15.2 Å². The van der Waals surface area contributed by atoms with E-state index in [-0.39, 0.29) is 24.4 Å². The second-order valence-electron chi connectivity index (χ2n) is 7.05. The Bertz CT molecular complexity index is 865. The molecular weight excluding hydrogens is 351 g/mol. The van der Waals surface area contributed by atoms with Crippen LogP contribution in [-0.4, -0.2) is 24.0 Å². The van der Waals surface area contributed by atoms with Gasteiger partial charge in [-0.2, -0.15) is 0 Å². The predicted octanol–water partition coefficient (Wildman–Crippen LogP) is 2.72. The van der Waals surface area contributed by atoms with E-state index in [1.807, 2.05) is 13.8 Å². The van der Waals surface area contributed by atoms with Crippen LogP contribution in [0.4, 0.5) is 4.39 Å². The highest BCUT2D eigenvalue weighted by molar-refractivity contribution is 5.94. The Morgan fingerprint density at radius 2 is 1.96 bits per heavy atom. The third-order valence-electron chi connectivity index (χ3n) is 4.24. The Labute approximate surface area is 156 Å². The Morgan fingerprint density at radius 3 is 2.63 bits per heavy atom. The summed E-state index contributed by atoms with van der Waals surface area (Å²) in [7, 11) is 0. The van der Waals surface area contributed by atoms with Gasteiger partial charge in [0.2, 0.25) is 0 Å². The molecule has 0 spiro atoms. The van der Waals surface area contributed by atoms with Crippen molar-refractivity contribution in [3.63, 3.8) is 0 Å². The number of rotatable bonds is 5. The molecule has 0 saturated heterocycles. The van der Waals surface area contributed by atoms with Gasteiger partial charge < -0.3 is 20.5 Å². The molecule has 0 bridgehead atoms. The average molecular weight is 372 g/mol. The van der Waals surface area contributed by atoms with Crippen LogP contribution in [0.1, 0.15) is 42.2 Å². The summed E-state index contributed by atoms with van der Waals surface area (Å²) >= 11 is 0. The van der Waals surface area contributed by atoms with Crippen LogP contribution in [0.5, 0.6) is 11.5 Å². The van der Waals surface area contributed by atoms with Gasteiger partial charge in [0.05, 0.1) is 6.04 Å². The second kappa shape index (κ2) is 7.26. The highest BCUT2D eigenvalue weighted by Crippen LogP contribution is 2.39. The quantitative estimate of drug-likeness (QED) is 0.844. The maximum Gasteiger partial charge on any atom is 0.255 e. The van der Waals surface area contributed by atoms with Gasteiger partial charge in [-0.15, -0.1) is 0 Å². The van der Waals surface area contributed by atoms with Crippen LogP contribution in [-0.2, 0) is 4.79 Å². The zero-order valence-corrected chi connectivity index (χ0v) is 15.1. The van der Waals surface area contributed by atoms with Gasteiger partial charge in [-0.25, -0.2) is 4.39 Å². The second-order valence-corrected chi connectivity index (χ2v) is 7.05. The average Bonchev–Trinajstić information content (AvgIpc) is 2.59. The number of hydrogen-bond donors (Lipinski definition) is 2. The minimum atomic E-state index is -0.575. The van der Waals surface area contributed by atoms with Crippen LogP contribution in [0.3, 0.4) is 0 Å². The number of nitrogens with one attached hydrogen (secondary N) is 1. The summed E-state index contributed by atoms with van der Waals surface area (Å²) in [6.07, 6.45) is 0.553. The van der Waals surface area contributed by atoms with Gasteiger partial charge in [0.25, 0.3) is 11.8 Å². The zero-order valence-electron chi connectivity index (χ0n) is 15.1. The number of primary amides is 1. The molecule has 3 rings (SSSR count). The summed E-state index contributed by atoms with van der Waals surface area (Å²) in [5, 5.41) is 2.98. The fourth-order valence-electron chi connectivity index (χ4n) is 3.05. The smallest absolute Gasteiger partial charge is 0.255 e. The Balaban J connectivity index is 1.75. The van der Waals surface area contributed by atoms with Gasteiger partial charge in [0, 0.05) is 23.6 Å². The van der Waals surface area contributed by atoms with Crippen molar-refractivity contribution in [2.45, 2.75) is 31.9 Å². The van der Waals surface area contributed by atoms with Crippen LogP contribution in [0.2, 0.25) is 0 Å². The van der Waals surface area contributed by atoms with Crippen molar-refractivity contribution in [1.82, 2.24) is 5.32 Å². The Kier molecular flexibility index (Phi) is 5.03. The van der Waals surface area contributed by atoms with Crippen LogP contribution < -0.4 is 20.5 Å². The van der Waals surface area contributed by atoms with Crippen molar-refractivity contribution >= 4 is 11.8 Å². The number of halogens is 1. The van der Waals surface area contributed by atoms with Crippen LogP contribution in [0.25, 0.3) is 0 Å². The van der Waals surface area contributed by atoms with Crippen LogP contribution in [0, 0.1) is 5.82 Å². The van der Waals surface area contributed by atoms with E-state index in [9.17, 15) is 14.0 Å². The van der Waals surface area contributed by atoms with Gasteiger partial charge in [0.15, 0.2) is 6.61 Å². The first-order valence-electron chi connectivity index (χ1n) is 8.54. The summed E-state index contributed by atoms with van der Waals surface area (Å²) in [5.41, 5.74) is 5.67. The molecule has 6 nitrogen and oxygen atoms in total. The largest absolute Gasteiger partial charge is 0.487 e. The lowest BCUT2D eigenvalue weighted by Gasteiger charge is -2.37. The SMILES string of the molecule is CC1(C)CC(NC(=O)c2ccc(OCC(N)=O)cc2)c2ccc(F)cc2O1. The van der Waals surface area contributed by atoms with Crippen LogP contribution >= 0.6 is 0 Å². The topological polar surface area (TPSA) is 90.6 Å². The van der Waals surface area contributed by atoms with Crippen molar-refractivity contribution in [2.24, 2.45) is 5.73 Å². The molecule has 0 aromatic heterocycles. The normalized spacial score (nSPS) is 17.4. The number of benzene rings is 2. The molecule has 1 heterocycles. The molecule has 0 aliphatic carbocycles. The van der Waals surface area contributed by atoms with Crippen molar-refractivity contribution < 1.29 is 23.5 Å². The Hall–Kier alpha value is -3.09. The first kappa shape index (κ1) is 18.7. The molecule has 142 valence electrons. The maximum absolute atomic E-state index is 13.5.